The van der Waals surface area contributed by atoms with Crippen molar-refractivity contribution in [2.45, 2.75) is 25.3 Å². The van der Waals surface area contributed by atoms with Gasteiger partial charge in [0.25, 0.3) is 0 Å². The van der Waals surface area contributed by atoms with Crippen LogP contribution in [-0.2, 0) is 0 Å². The Morgan fingerprint density at radius 2 is 2.21 bits per heavy atom. The number of methoxy groups -OCH3 is 1. The maximum absolute atomic E-state index is 6.43. The van der Waals surface area contributed by atoms with E-state index in [9.17, 15) is 0 Å². The highest BCUT2D eigenvalue weighted by Gasteiger charge is 2.31. The number of benzene rings is 1. The smallest absolute Gasteiger partial charge is 0.125 e. The molecular formula is C15H23ClN2O. The van der Waals surface area contributed by atoms with E-state index in [0.717, 1.165) is 29.3 Å². The van der Waals surface area contributed by atoms with Crippen molar-refractivity contribution in [3.63, 3.8) is 0 Å². The molecule has 1 aliphatic heterocycles. The summed E-state index contributed by atoms with van der Waals surface area (Å²) in [4.78, 5) is 2.37. The number of halogens is 1. The molecule has 2 unspecified atom stereocenters. The second kappa shape index (κ2) is 6.60. The minimum atomic E-state index is 0.246. The fraction of sp³-hybridized carbons (Fsp3) is 0.600. The van der Waals surface area contributed by atoms with Gasteiger partial charge < -0.3 is 10.5 Å². The Morgan fingerprint density at radius 1 is 1.42 bits per heavy atom. The number of ether oxygens (including phenoxy) is 1. The molecule has 0 aromatic heterocycles. The van der Waals surface area contributed by atoms with Crippen LogP contribution in [0.15, 0.2) is 18.2 Å². The summed E-state index contributed by atoms with van der Waals surface area (Å²) < 4.78 is 5.51. The van der Waals surface area contributed by atoms with E-state index >= 15 is 0 Å². The molecule has 1 saturated heterocycles. The van der Waals surface area contributed by atoms with Gasteiger partial charge in [0, 0.05) is 16.6 Å². The van der Waals surface area contributed by atoms with Crippen molar-refractivity contribution < 1.29 is 4.74 Å². The Kier molecular flexibility index (Phi) is 5.08. The fourth-order valence-corrected chi connectivity index (χ4v) is 3.39. The number of rotatable bonds is 3. The van der Waals surface area contributed by atoms with Gasteiger partial charge >= 0.3 is 0 Å². The van der Waals surface area contributed by atoms with Crippen LogP contribution in [-0.4, -0.2) is 32.1 Å². The largest absolute Gasteiger partial charge is 0.496 e. The van der Waals surface area contributed by atoms with Crippen molar-refractivity contribution in [3.8, 4) is 5.75 Å². The average molecular weight is 283 g/mol. The van der Waals surface area contributed by atoms with Crippen molar-refractivity contribution in [3.05, 3.63) is 28.8 Å². The molecule has 0 radical (unpaired) electrons. The summed E-state index contributed by atoms with van der Waals surface area (Å²) in [6, 6.07) is 6.09. The van der Waals surface area contributed by atoms with Crippen molar-refractivity contribution in [1.29, 1.82) is 0 Å². The lowest BCUT2D eigenvalue weighted by Gasteiger charge is -2.33. The molecule has 1 fully saturated rings. The molecule has 1 aromatic rings. The maximum atomic E-state index is 6.43. The second-order valence-corrected chi connectivity index (χ2v) is 5.68. The van der Waals surface area contributed by atoms with Crippen LogP contribution in [0.4, 0.5) is 0 Å². The fourth-order valence-electron chi connectivity index (χ4n) is 3.11. The van der Waals surface area contributed by atoms with Crippen LogP contribution in [0, 0.1) is 5.92 Å². The van der Waals surface area contributed by atoms with Crippen molar-refractivity contribution in [1.82, 2.24) is 4.90 Å². The Balaban J connectivity index is 2.46. The van der Waals surface area contributed by atoms with Gasteiger partial charge in [-0.1, -0.05) is 24.1 Å². The van der Waals surface area contributed by atoms with Crippen LogP contribution >= 0.6 is 11.6 Å². The number of hydrogen-bond donors (Lipinski definition) is 1. The topological polar surface area (TPSA) is 38.5 Å². The molecule has 106 valence electrons. The van der Waals surface area contributed by atoms with Gasteiger partial charge in [-0.3, -0.25) is 4.90 Å². The zero-order valence-electron chi connectivity index (χ0n) is 11.7. The lowest BCUT2D eigenvalue weighted by Crippen LogP contribution is -2.33. The third kappa shape index (κ3) is 3.04. The van der Waals surface area contributed by atoms with Crippen molar-refractivity contribution in [2.24, 2.45) is 11.7 Å². The van der Waals surface area contributed by atoms with Gasteiger partial charge in [0.1, 0.15) is 5.75 Å². The highest BCUT2D eigenvalue weighted by atomic mass is 35.5. The normalized spacial score (nSPS) is 25.1. The van der Waals surface area contributed by atoms with Crippen LogP contribution in [0.1, 0.15) is 30.9 Å². The molecule has 0 spiro atoms. The Bertz CT molecular complexity index is 425. The zero-order valence-corrected chi connectivity index (χ0v) is 12.5. The minimum absolute atomic E-state index is 0.246. The van der Waals surface area contributed by atoms with E-state index in [1.807, 2.05) is 18.2 Å². The first-order chi connectivity index (χ1) is 9.19. The quantitative estimate of drug-likeness (QED) is 0.926. The highest BCUT2D eigenvalue weighted by molar-refractivity contribution is 6.31. The molecule has 0 aliphatic carbocycles. The van der Waals surface area contributed by atoms with Gasteiger partial charge in [-0.25, -0.2) is 0 Å². The van der Waals surface area contributed by atoms with Crippen molar-refractivity contribution in [2.75, 3.05) is 27.2 Å². The first kappa shape index (κ1) is 14.6. The molecule has 4 heteroatoms. The zero-order chi connectivity index (χ0) is 13.8. The summed E-state index contributed by atoms with van der Waals surface area (Å²) in [5.41, 5.74) is 7.08. The van der Waals surface area contributed by atoms with Crippen LogP contribution in [0.3, 0.4) is 0 Å². The van der Waals surface area contributed by atoms with E-state index in [4.69, 9.17) is 22.1 Å². The monoisotopic (exact) mass is 282 g/mol. The Labute approximate surface area is 120 Å². The van der Waals surface area contributed by atoms with Crippen LogP contribution in [0.25, 0.3) is 0 Å². The second-order valence-electron chi connectivity index (χ2n) is 5.27. The van der Waals surface area contributed by atoms with Gasteiger partial charge in [-0.05, 0) is 51.0 Å². The first-order valence-electron chi connectivity index (χ1n) is 6.91. The first-order valence-corrected chi connectivity index (χ1v) is 7.29. The van der Waals surface area contributed by atoms with Crippen molar-refractivity contribution >= 4 is 11.6 Å². The third-order valence-electron chi connectivity index (χ3n) is 4.09. The van der Waals surface area contributed by atoms with E-state index in [1.165, 1.54) is 12.8 Å². The SMILES string of the molecule is COc1cccc(Cl)c1C1C(CN)CCCCN1C. The average Bonchev–Trinajstić information content (AvgIpc) is 2.60. The molecule has 3 nitrogen and oxygen atoms in total. The molecule has 1 heterocycles. The molecule has 2 rings (SSSR count). The van der Waals surface area contributed by atoms with Crippen LogP contribution in [0.2, 0.25) is 5.02 Å². The van der Waals surface area contributed by atoms with Gasteiger partial charge in [0.05, 0.1) is 7.11 Å². The lowest BCUT2D eigenvalue weighted by molar-refractivity contribution is 0.191. The van der Waals surface area contributed by atoms with E-state index < -0.39 is 0 Å². The molecule has 2 atom stereocenters. The number of likely N-dealkylation sites (tertiary alicyclic amines) is 1. The van der Waals surface area contributed by atoms with E-state index in [2.05, 4.69) is 11.9 Å². The van der Waals surface area contributed by atoms with E-state index in [0.29, 0.717) is 12.5 Å². The summed E-state index contributed by atoms with van der Waals surface area (Å²) in [7, 11) is 3.85. The van der Waals surface area contributed by atoms with Crippen LogP contribution < -0.4 is 10.5 Å². The van der Waals surface area contributed by atoms with Gasteiger partial charge in [0.2, 0.25) is 0 Å². The minimum Gasteiger partial charge on any atom is -0.496 e. The number of nitrogens with zero attached hydrogens (tertiary/aromatic N) is 1. The third-order valence-corrected chi connectivity index (χ3v) is 4.42. The molecule has 1 aliphatic rings. The molecule has 1 aromatic carbocycles. The molecule has 2 N–H and O–H groups in total. The predicted molar refractivity (Wildman–Crippen MR) is 79.8 cm³/mol. The molecule has 0 bridgehead atoms. The number of nitrogens with two attached hydrogens (primary N) is 1. The summed E-state index contributed by atoms with van der Waals surface area (Å²) >= 11 is 6.43. The van der Waals surface area contributed by atoms with E-state index in [-0.39, 0.29) is 6.04 Å². The van der Waals surface area contributed by atoms with Gasteiger partial charge in [0.15, 0.2) is 0 Å². The molecule has 0 amide bonds. The maximum Gasteiger partial charge on any atom is 0.125 e. The summed E-state index contributed by atoms with van der Waals surface area (Å²) in [6.45, 7) is 1.76. The number of hydrogen-bond acceptors (Lipinski definition) is 3. The van der Waals surface area contributed by atoms with Gasteiger partial charge in [-0.2, -0.15) is 0 Å². The lowest BCUT2D eigenvalue weighted by atomic mass is 9.89. The summed E-state index contributed by atoms with van der Waals surface area (Å²) in [5, 5.41) is 0.775. The summed E-state index contributed by atoms with van der Waals surface area (Å²) in [6.07, 6.45) is 3.60. The Morgan fingerprint density at radius 3 is 2.89 bits per heavy atom. The molecule has 19 heavy (non-hydrogen) atoms. The standard InChI is InChI=1S/C15H23ClN2O/c1-18-9-4-3-6-11(10-17)15(18)14-12(16)7-5-8-13(14)19-2/h5,7-8,11,15H,3-4,6,9-10,17H2,1-2H3. The predicted octanol–water partition coefficient (Wildman–Crippen LogP) is 3.08. The Hall–Kier alpha value is -0.770. The molecular weight excluding hydrogens is 260 g/mol. The van der Waals surface area contributed by atoms with Gasteiger partial charge in [-0.15, -0.1) is 0 Å². The summed E-state index contributed by atoms with van der Waals surface area (Å²) in [5.74, 6) is 1.30. The van der Waals surface area contributed by atoms with E-state index in [1.54, 1.807) is 7.11 Å². The highest BCUT2D eigenvalue weighted by Crippen LogP contribution is 2.41. The molecule has 0 saturated carbocycles. The van der Waals surface area contributed by atoms with Crippen LogP contribution in [0.5, 0.6) is 5.75 Å².